The fourth-order valence-corrected chi connectivity index (χ4v) is 2.55. The zero-order valence-electron chi connectivity index (χ0n) is 17.9. The summed E-state index contributed by atoms with van der Waals surface area (Å²) in [6.07, 6.45) is 2.34. The average molecular weight is 504 g/mol. The number of nitrogens with zero attached hydrogens (tertiary/aromatic N) is 1. The Morgan fingerprint density at radius 3 is 2.39 bits per heavy atom. The average Bonchev–Trinajstić information content (AvgIpc) is 2.67. The summed E-state index contributed by atoms with van der Waals surface area (Å²) in [7, 11) is 1.68. The Morgan fingerprint density at radius 2 is 1.82 bits per heavy atom. The summed E-state index contributed by atoms with van der Waals surface area (Å²) in [5.41, 5.74) is 1.28. The molecule has 1 rings (SSSR count). The summed E-state index contributed by atoms with van der Waals surface area (Å²) in [5, 5.41) is 9.43. The first kappa shape index (κ1) is 26.5. The Hall–Kier alpha value is -1.51. The number of guanidine groups is 1. The van der Waals surface area contributed by atoms with E-state index >= 15 is 0 Å². The molecule has 1 aromatic carbocycles. The van der Waals surface area contributed by atoms with Crippen LogP contribution >= 0.6 is 24.0 Å². The summed E-state index contributed by atoms with van der Waals surface area (Å²) >= 11 is 0. The molecule has 0 bridgehead atoms. The second kappa shape index (κ2) is 15.4. The van der Waals surface area contributed by atoms with Crippen LogP contribution in [0.1, 0.15) is 58.4 Å². The third kappa shape index (κ3) is 10.7. The summed E-state index contributed by atoms with van der Waals surface area (Å²) in [6, 6.07) is 8.41. The van der Waals surface area contributed by atoms with E-state index in [9.17, 15) is 4.79 Å². The van der Waals surface area contributed by atoms with E-state index in [0.29, 0.717) is 18.9 Å². The van der Waals surface area contributed by atoms with Gasteiger partial charge < -0.3 is 20.7 Å². The lowest BCUT2D eigenvalue weighted by Crippen LogP contribution is -2.40. The number of aliphatic imine (C=N–C) groups is 1. The molecule has 0 heterocycles. The molecule has 2 atom stereocenters. The molecule has 0 spiro atoms. The van der Waals surface area contributed by atoms with Crippen molar-refractivity contribution >= 4 is 35.8 Å². The van der Waals surface area contributed by atoms with Crippen LogP contribution in [0.5, 0.6) is 5.75 Å². The molecule has 0 aromatic heterocycles. The molecule has 0 saturated carbocycles. The lowest BCUT2D eigenvalue weighted by Gasteiger charge is -2.14. The Bertz CT molecular complexity index is 578. The van der Waals surface area contributed by atoms with Crippen LogP contribution in [0.4, 0.5) is 0 Å². The molecule has 0 aliphatic rings. The quantitative estimate of drug-likeness (QED) is 0.244. The van der Waals surface area contributed by atoms with Gasteiger partial charge in [-0.3, -0.25) is 9.79 Å². The maximum Gasteiger partial charge on any atom is 0.221 e. The van der Waals surface area contributed by atoms with E-state index < -0.39 is 0 Å². The van der Waals surface area contributed by atoms with Gasteiger partial charge in [-0.15, -0.1) is 24.0 Å². The van der Waals surface area contributed by atoms with Gasteiger partial charge in [0.15, 0.2) is 5.96 Å². The number of nitrogens with one attached hydrogen (secondary N) is 3. The number of carbonyl (C=O) groups excluding carboxylic acids is 1. The second-order valence-corrected chi connectivity index (χ2v) is 6.78. The first-order valence-corrected chi connectivity index (χ1v) is 9.95. The number of amides is 1. The molecule has 3 N–H and O–H groups in total. The van der Waals surface area contributed by atoms with Crippen LogP contribution in [0.15, 0.2) is 29.3 Å². The number of carbonyl (C=O) groups is 1. The summed E-state index contributed by atoms with van der Waals surface area (Å²) < 4.78 is 5.20. The third-order valence-electron chi connectivity index (χ3n) is 4.53. The first-order valence-electron chi connectivity index (χ1n) is 9.95. The summed E-state index contributed by atoms with van der Waals surface area (Å²) in [5.74, 6) is 2.13. The number of benzene rings is 1. The third-order valence-corrected chi connectivity index (χ3v) is 4.53. The topological polar surface area (TPSA) is 74.8 Å². The molecule has 0 aliphatic carbocycles. The van der Waals surface area contributed by atoms with Crippen molar-refractivity contribution in [3.8, 4) is 5.75 Å². The van der Waals surface area contributed by atoms with E-state index in [0.717, 1.165) is 37.6 Å². The number of rotatable bonds is 11. The van der Waals surface area contributed by atoms with Crippen molar-refractivity contribution in [2.24, 2.45) is 4.99 Å². The molecule has 2 unspecified atom stereocenters. The van der Waals surface area contributed by atoms with Crippen LogP contribution in [0.2, 0.25) is 0 Å². The molecule has 0 fully saturated rings. The van der Waals surface area contributed by atoms with Crippen LogP contribution < -0.4 is 20.7 Å². The van der Waals surface area contributed by atoms with E-state index in [1.165, 1.54) is 5.56 Å². The smallest absolute Gasteiger partial charge is 0.221 e. The Labute approximate surface area is 187 Å². The number of halogens is 1. The maximum absolute atomic E-state index is 11.8. The Balaban J connectivity index is 0.00000729. The van der Waals surface area contributed by atoms with Crippen LogP contribution in [-0.2, 0) is 4.79 Å². The van der Waals surface area contributed by atoms with Gasteiger partial charge in [-0.1, -0.05) is 26.0 Å². The standard InChI is InChI=1S/C21H36N4O2.HI/c1-6-17(4)25-20(26)13-15-24-21(22-7-2)23-14-12-16(3)18-8-10-19(27-5)11-9-18;/h8-11,16-17H,6-7,12-15H2,1-5H3,(H,25,26)(H2,22,23,24);1H. The van der Waals surface area contributed by atoms with E-state index in [2.05, 4.69) is 46.9 Å². The fraction of sp³-hybridized carbons (Fsp3) is 0.619. The number of hydrogen-bond donors (Lipinski definition) is 3. The zero-order valence-corrected chi connectivity index (χ0v) is 20.2. The highest BCUT2D eigenvalue weighted by molar-refractivity contribution is 14.0. The molecule has 7 heteroatoms. The van der Waals surface area contributed by atoms with Gasteiger partial charge in [-0.2, -0.15) is 0 Å². The highest BCUT2D eigenvalue weighted by atomic mass is 127. The minimum Gasteiger partial charge on any atom is -0.497 e. The lowest BCUT2D eigenvalue weighted by atomic mass is 9.98. The molecule has 0 saturated heterocycles. The second-order valence-electron chi connectivity index (χ2n) is 6.78. The van der Waals surface area contributed by atoms with Crippen LogP contribution in [0, 0.1) is 0 Å². The van der Waals surface area contributed by atoms with Gasteiger partial charge in [-0.05, 0) is 50.3 Å². The van der Waals surface area contributed by atoms with E-state index in [1.54, 1.807) is 7.11 Å². The van der Waals surface area contributed by atoms with Crippen molar-refractivity contribution in [2.75, 3.05) is 26.7 Å². The van der Waals surface area contributed by atoms with Gasteiger partial charge in [0.05, 0.1) is 7.11 Å². The van der Waals surface area contributed by atoms with Crippen molar-refractivity contribution in [1.29, 1.82) is 0 Å². The van der Waals surface area contributed by atoms with E-state index in [1.807, 2.05) is 26.0 Å². The van der Waals surface area contributed by atoms with E-state index in [-0.39, 0.29) is 35.9 Å². The van der Waals surface area contributed by atoms with Crippen LogP contribution in [0.25, 0.3) is 0 Å². The predicted molar refractivity (Wildman–Crippen MR) is 128 cm³/mol. The number of methoxy groups -OCH3 is 1. The lowest BCUT2D eigenvalue weighted by molar-refractivity contribution is -0.121. The van der Waals surface area contributed by atoms with Crippen molar-refractivity contribution in [3.05, 3.63) is 29.8 Å². The fourth-order valence-electron chi connectivity index (χ4n) is 2.55. The molecule has 0 radical (unpaired) electrons. The first-order chi connectivity index (χ1) is 13.0. The van der Waals surface area contributed by atoms with Crippen molar-refractivity contribution in [3.63, 3.8) is 0 Å². The SMILES string of the molecule is CCNC(=NCCC(C)c1ccc(OC)cc1)NCCC(=O)NC(C)CC.I. The molecule has 0 aliphatic heterocycles. The Morgan fingerprint density at radius 1 is 1.14 bits per heavy atom. The van der Waals surface area contributed by atoms with E-state index in [4.69, 9.17) is 4.74 Å². The van der Waals surface area contributed by atoms with Crippen molar-refractivity contribution in [1.82, 2.24) is 16.0 Å². The van der Waals surface area contributed by atoms with Gasteiger partial charge >= 0.3 is 0 Å². The highest BCUT2D eigenvalue weighted by Crippen LogP contribution is 2.21. The summed E-state index contributed by atoms with van der Waals surface area (Å²) in [6.45, 7) is 10.4. The normalized spacial score (nSPS) is 13.1. The number of hydrogen-bond acceptors (Lipinski definition) is 3. The van der Waals surface area contributed by atoms with Gasteiger partial charge in [-0.25, -0.2) is 0 Å². The van der Waals surface area contributed by atoms with Crippen molar-refractivity contribution < 1.29 is 9.53 Å². The minimum atomic E-state index is 0. The zero-order chi connectivity index (χ0) is 20.1. The molecule has 28 heavy (non-hydrogen) atoms. The van der Waals surface area contributed by atoms with Gasteiger partial charge in [0, 0.05) is 32.1 Å². The van der Waals surface area contributed by atoms with Crippen LogP contribution in [0.3, 0.4) is 0 Å². The van der Waals surface area contributed by atoms with Gasteiger partial charge in [0.1, 0.15) is 5.75 Å². The monoisotopic (exact) mass is 504 g/mol. The molecule has 6 nitrogen and oxygen atoms in total. The van der Waals surface area contributed by atoms with Crippen LogP contribution in [-0.4, -0.2) is 44.7 Å². The summed E-state index contributed by atoms with van der Waals surface area (Å²) in [4.78, 5) is 16.5. The van der Waals surface area contributed by atoms with Crippen molar-refractivity contribution in [2.45, 2.75) is 58.9 Å². The molecular formula is C21H37IN4O2. The largest absolute Gasteiger partial charge is 0.497 e. The van der Waals surface area contributed by atoms with Gasteiger partial charge in [0.2, 0.25) is 5.91 Å². The molecular weight excluding hydrogens is 467 g/mol. The highest BCUT2D eigenvalue weighted by Gasteiger charge is 2.07. The predicted octanol–water partition coefficient (Wildman–Crippen LogP) is 3.67. The Kier molecular flexibility index (Phi) is 14.6. The molecule has 1 amide bonds. The van der Waals surface area contributed by atoms with Gasteiger partial charge in [0.25, 0.3) is 0 Å². The molecule has 1 aromatic rings. The molecule has 160 valence electrons. The minimum absolute atomic E-state index is 0. The maximum atomic E-state index is 11.8. The number of ether oxygens (including phenoxy) is 1.